The van der Waals surface area contributed by atoms with E-state index in [1.165, 1.54) is 0 Å². The van der Waals surface area contributed by atoms with Crippen molar-refractivity contribution in [3.8, 4) is 5.75 Å². The second-order valence-corrected chi connectivity index (χ2v) is 12.8. The van der Waals surface area contributed by atoms with E-state index in [9.17, 15) is 9.59 Å². The molecule has 13 heteroatoms. The van der Waals surface area contributed by atoms with Crippen LogP contribution in [0.15, 0.2) is 73.1 Å². The molecule has 0 bridgehead atoms. The molecular formula is C38H51N7O6. The smallest absolute Gasteiger partial charge is 0.329 e. The second kappa shape index (κ2) is 20.1. The lowest BCUT2D eigenvalue weighted by atomic mass is 9.85. The number of pyridine rings is 1. The number of anilines is 1. The Morgan fingerprint density at radius 2 is 1.61 bits per heavy atom. The molecule has 51 heavy (non-hydrogen) atoms. The largest absolute Gasteiger partial charge is 0.494 e. The topological polar surface area (TPSA) is 182 Å². The monoisotopic (exact) mass is 701 g/mol. The Hall–Kier alpha value is -4.85. The van der Waals surface area contributed by atoms with Gasteiger partial charge in [0, 0.05) is 48.9 Å². The third kappa shape index (κ3) is 12.8. The summed E-state index contributed by atoms with van der Waals surface area (Å²) in [7, 11) is 2.06. The average molecular weight is 702 g/mol. The number of hydrogen-bond acceptors (Lipinski definition) is 10. The average Bonchev–Trinajstić information content (AvgIpc) is 3.13. The van der Waals surface area contributed by atoms with E-state index >= 15 is 0 Å². The van der Waals surface area contributed by atoms with E-state index in [-0.39, 0.29) is 36.8 Å². The molecule has 1 fully saturated rings. The molecule has 2 aromatic carbocycles. The van der Waals surface area contributed by atoms with Gasteiger partial charge in [-0.25, -0.2) is 4.79 Å². The highest BCUT2D eigenvalue weighted by molar-refractivity contribution is 6.10. The van der Waals surface area contributed by atoms with E-state index in [0.29, 0.717) is 43.8 Å². The molecule has 0 unspecified atom stereocenters. The number of carboxylic acid groups (broad SMARTS) is 1. The van der Waals surface area contributed by atoms with E-state index in [2.05, 4.69) is 32.9 Å². The van der Waals surface area contributed by atoms with Crippen molar-refractivity contribution in [2.24, 2.45) is 0 Å². The van der Waals surface area contributed by atoms with Crippen molar-refractivity contribution >= 4 is 29.2 Å². The molecule has 1 aliphatic rings. The fourth-order valence-corrected chi connectivity index (χ4v) is 5.75. The summed E-state index contributed by atoms with van der Waals surface area (Å²) in [4.78, 5) is 30.1. The number of amides is 1. The van der Waals surface area contributed by atoms with Gasteiger partial charge in [-0.3, -0.25) is 20.6 Å². The van der Waals surface area contributed by atoms with Gasteiger partial charge in [0.1, 0.15) is 24.0 Å². The molecule has 1 saturated heterocycles. The summed E-state index contributed by atoms with van der Waals surface area (Å²) in [6.45, 7) is 5.07. The molecule has 4 rings (SSSR count). The number of unbranched alkanes of at least 4 members (excludes halogenated alkanes) is 3. The summed E-state index contributed by atoms with van der Waals surface area (Å²) in [5.74, 6) is -0.0897. The summed E-state index contributed by atoms with van der Waals surface area (Å²) >= 11 is 0. The number of carboxylic acids is 1. The molecule has 3 aromatic rings. The van der Waals surface area contributed by atoms with Gasteiger partial charge in [0.2, 0.25) is 0 Å². The van der Waals surface area contributed by atoms with Crippen LogP contribution in [-0.4, -0.2) is 97.2 Å². The molecule has 1 aromatic heterocycles. The predicted octanol–water partition coefficient (Wildman–Crippen LogP) is 5.10. The van der Waals surface area contributed by atoms with Crippen LogP contribution in [0.5, 0.6) is 5.75 Å². The number of nitrogens with zero attached hydrogens (tertiary/aromatic N) is 2. The molecule has 2 heterocycles. The summed E-state index contributed by atoms with van der Waals surface area (Å²) in [5.41, 5.74) is 2.08. The van der Waals surface area contributed by atoms with Crippen LogP contribution in [0.2, 0.25) is 0 Å². The summed E-state index contributed by atoms with van der Waals surface area (Å²) in [6, 6.07) is 18.3. The minimum atomic E-state index is -0.983. The van der Waals surface area contributed by atoms with E-state index in [0.717, 1.165) is 55.8 Å². The molecule has 0 aliphatic carbocycles. The van der Waals surface area contributed by atoms with Gasteiger partial charge in [0.25, 0.3) is 5.91 Å². The van der Waals surface area contributed by atoms with Crippen LogP contribution in [0, 0.1) is 10.8 Å². The van der Waals surface area contributed by atoms with Crippen LogP contribution in [-0.2, 0) is 14.3 Å². The first-order chi connectivity index (χ1) is 24.6. The second-order valence-electron chi connectivity index (χ2n) is 12.8. The number of aliphatic carboxylic acids is 1. The van der Waals surface area contributed by atoms with Crippen molar-refractivity contribution in [1.29, 1.82) is 10.8 Å². The minimum absolute atomic E-state index is 0.136. The van der Waals surface area contributed by atoms with Gasteiger partial charge in [-0.2, -0.15) is 0 Å². The number of nitrogens with one attached hydrogen (secondary N) is 5. The van der Waals surface area contributed by atoms with Gasteiger partial charge in [-0.15, -0.1) is 0 Å². The van der Waals surface area contributed by atoms with Gasteiger partial charge in [-0.1, -0.05) is 24.6 Å². The first-order valence-corrected chi connectivity index (χ1v) is 17.5. The number of carbonyl (C=O) groups excluding carboxylic acids is 1. The Morgan fingerprint density at radius 1 is 0.902 bits per heavy atom. The van der Waals surface area contributed by atoms with Crippen molar-refractivity contribution in [1.82, 2.24) is 20.5 Å². The fraction of sp³-hybridized carbons (Fsp3) is 0.447. The molecule has 1 amide bonds. The lowest BCUT2D eigenvalue weighted by molar-refractivity contribution is -0.142. The van der Waals surface area contributed by atoms with Crippen LogP contribution in [0.1, 0.15) is 73.0 Å². The Kier molecular flexibility index (Phi) is 15.4. The Bertz CT molecular complexity index is 1580. The molecular weight excluding hydrogens is 650 g/mol. The lowest BCUT2D eigenvalue weighted by Crippen LogP contribution is -2.58. The van der Waals surface area contributed by atoms with Gasteiger partial charge in [0.15, 0.2) is 0 Å². The number of aromatic nitrogens is 1. The molecule has 0 saturated carbocycles. The van der Waals surface area contributed by atoms with Gasteiger partial charge >= 0.3 is 5.97 Å². The zero-order valence-corrected chi connectivity index (χ0v) is 29.6. The maximum absolute atomic E-state index is 13.4. The minimum Gasteiger partial charge on any atom is -0.494 e. The first-order valence-electron chi connectivity index (χ1n) is 17.5. The van der Waals surface area contributed by atoms with E-state index in [1.54, 1.807) is 30.6 Å². The molecule has 0 spiro atoms. The maximum Gasteiger partial charge on any atom is 0.329 e. The van der Waals surface area contributed by atoms with Crippen molar-refractivity contribution in [3.05, 3.63) is 89.7 Å². The Balaban J connectivity index is 1.25. The van der Waals surface area contributed by atoms with Gasteiger partial charge < -0.3 is 40.2 Å². The van der Waals surface area contributed by atoms with Gasteiger partial charge in [0.05, 0.1) is 31.4 Å². The van der Waals surface area contributed by atoms with E-state index in [4.69, 9.17) is 30.1 Å². The number of likely N-dealkylation sites (tertiary alicyclic amines) is 1. The predicted molar refractivity (Wildman–Crippen MR) is 197 cm³/mol. The van der Waals surface area contributed by atoms with Crippen LogP contribution in [0.3, 0.4) is 0 Å². The number of carbonyl (C=O) groups is 2. The molecule has 274 valence electrons. The quantitative estimate of drug-likeness (QED) is 0.0527. The lowest BCUT2D eigenvalue weighted by Gasteiger charge is -2.42. The van der Waals surface area contributed by atoms with Crippen LogP contribution >= 0.6 is 0 Å². The maximum atomic E-state index is 13.4. The fourth-order valence-electron chi connectivity index (χ4n) is 5.75. The number of ether oxygens (including phenoxy) is 3. The normalized spacial score (nSPS) is 14.6. The number of benzene rings is 2. The highest BCUT2D eigenvalue weighted by atomic mass is 16.5. The van der Waals surface area contributed by atoms with Crippen molar-refractivity contribution in [3.63, 3.8) is 0 Å². The van der Waals surface area contributed by atoms with Gasteiger partial charge in [-0.05, 0) is 94.1 Å². The van der Waals surface area contributed by atoms with E-state index in [1.807, 2.05) is 49.4 Å². The highest BCUT2D eigenvalue weighted by Crippen LogP contribution is 2.28. The van der Waals surface area contributed by atoms with Crippen LogP contribution in [0.4, 0.5) is 5.69 Å². The van der Waals surface area contributed by atoms with Crippen LogP contribution < -0.4 is 20.7 Å². The molecule has 13 nitrogen and oxygen atoms in total. The number of piperidine rings is 1. The standard InChI is InChI=1S/C38H51N7O6/c1-28(30-9-8-12-33(26-30)51-22-6-4-3-5-21-49-23-24-50-27-34(46)47)42-36(48)31-10-7-11-32(25-31)44-38(15-19-45(2)20-16-38)37(40)43-35(39)29-13-17-41-18-14-29/h7-14,17-18,25-26,28,44H,3-6,15-16,19-24,27H2,1-2H3,(H,42,48)(H,46,47)(H3,39,40,43)/t28-/m1/s1. The molecule has 1 atom stereocenters. The summed E-state index contributed by atoms with van der Waals surface area (Å²) in [5, 5.41) is 35.8. The van der Waals surface area contributed by atoms with Crippen LogP contribution in [0.25, 0.3) is 0 Å². The third-order valence-corrected chi connectivity index (χ3v) is 8.80. The number of amidine groups is 2. The third-order valence-electron chi connectivity index (χ3n) is 8.80. The molecule has 0 radical (unpaired) electrons. The molecule has 6 N–H and O–H groups in total. The number of hydrogen-bond donors (Lipinski definition) is 6. The first kappa shape index (κ1) is 38.9. The number of rotatable bonds is 20. The van der Waals surface area contributed by atoms with Crippen molar-refractivity contribution in [2.75, 3.05) is 58.5 Å². The summed E-state index contributed by atoms with van der Waals surface area (Å²) in [6.07, 6.45) is 8.41. The Morgan fingerprint density at radius 3 is 2.35 bits per heavy atom. The molecule has 1 aliphatic heterocycles. The highest BCUT2D eigenvalue weighted by Gasteiger charge is 2.38. The SMILES string of the molecule is C[C@@H](NC(=O)c1cccc(NC2(C(=N)NC(=N)c3ccncc3)CCN(C)CC2)c1)c1cccc(OCCCCCCOCCOCC(=O)O)c1. The Labute approximate surface area is 300 Å². The zero-order chi connectivity index (χ0) is 36.5. The van der Waals surface area contributed by atoms with E-state index < -0.39 is 11.5 Å². The summed E-state index contributed by atoms with van der Waals surface area (Å²) < 4.78 is 16.4. The van der Waals surface area contributed by atoms with Crippen molar-refractivity contribution in [2.45, 2.75) is 57.0 Å². The van der Waals surface area contributed by atoms with Crippen molar-refractivity contribution < 1.29 is 28.9 Å². The zero-order valence-electron chi connectivity index (χ0n) is 29.6.